The van der Waals surface area contributed by atoms with Crippen LogP contribution in [0.15, 0.2) is 0 Å². The van der Waals surface area contributed by atoms with Crippen LogP contribution in [0.4, 0.5) is 0 Å². The zero-order chi connectivity index (χ0) is 9.35. The smallest absolute Gasteiger partial charge is 0.158 e. The molecular weight excluding hydrogens is 174 g/mol. The van der Waals surface area contributed by atoms with E-state index in [-0.39, 0.29) is 10.5 Å². The van der Waals surface area contributed by atoms with Crippen molar-refractivity contribution in [1.29, 1.82) is 0 Å². The lowest BCUT2D eigenvalue weighted by atomic mass is 10.3. The van der Waals surface area contributed by atoms with Gasteiger partial charge in [-0.1, -0.05) is 6.92 Å². The third kappa shape index (κ3) is 1.64. The van der Waals surface area contributed by atoms with Gasteiger partial charge in [0.15, 0.2) is 9.84 Å². The van der Waals surface area contributed by atoms with Gasteiger partial charge in [0, 0.05) is 13.1 Å². The zero-order valence-corrected chi connectivity index (χ0v) is 8.76. The summed E-state index contributed by atoms with van der Waals surface area (Å²) < 4.78 is 23.3. The van der Waals surface area contributed by atoms with Crippen LogP contribution in [0.5, 0.6) is 0 Å². The maximum atomic E-state index is 11.7. The highest BCUT2D eigenvalue weighted by Crippen LogP contribution is 2.19. The standard InChI is InChI=1S/C8H17NO2S/c1-4-8-6-9(3)5-7(2)12(8,10)11/h7-8H,4-6H2,1-3H3. The Balaban J connectivity index is 2.86. The summed E-state index contributed by atoms with van der Waals surface area (Å²) in [5.41, 5.74) is 0. The lowest BCUT2D eigenvalue weighted by Gasteiger charge is -2.33. The summed E-state index contributed by atoms with van der Waals surface area (Å²) in [5, 5.41) is -0.340. The molecule has 1 heterocycles. The number of rotatable bonds is 1. The molecule has 0 aromatic heterocycles. The van der Waals surface area contributed by atoms with Crippen LogP contribution in [0, 0.1) is 0 Å². The fourth-order valence-corrected chi connectivity index (χ4v) is 3.81. The molecule has 12 heavy (non-hydrogen) atoms. The van der Waals surface area contributed by atoms with E-state index in [4.69, 9.17) is 0 Å². The molecule has 72 valence electrons. The second-order valence-electron chi connectivity index (χ2n) is 3.65. The van der Waals surface area contributed by atoms with Gasteiger partial charge in [0.1, 0.15) is 0 Å². The molecule has 0 amide bonds. The molecule has 1 fully saturated rings. The molecule has 1 aliphatic rings. The Bertz CT molecular complexity index is 248. The Morgan fingerprint density at radius 2 is 2.00 bits per heavy atom. The minimum atomic E-state index is -2.83. The summed E-state index contributed by atoms with van der Waals surface area (Å²) in [6, 6.07) is 0. The highest BCUT2D eigenvalue weighted by atomic mass is 32.2. The van der Waals surface area contributed by atoms with E-state index in [0.717, 1.165) is 6.42 Å². The number of nitrogens with zero attached hydrogens (tertiary/aromatic N) is 1. The molecule has 1 saturated heterocycles. The molecule has 1 aliphatic heterocycles. The Morgan fingerprint density at radius 3 is 2.50 bits per heavy atom. The van der Waals surface area contributed by atoms with Crippen LogP contribution in [0.1, 0.15) is 20.3 Å². The number of sulfone groups is 1. The highest BCUT2D eigenvalue weighted by molar-refractivity contribution is 7.92. The van der Waals surface area contributed by atoms with Gasteiger partial charge in [-0.05, 0) is 20.4 Å². The first-order chi connectivity index (χ1) is 5.48. The van der Waals surface area contributed by atoms with E-state index in [2.05, 4.69) is 4.90 Å². The molecule has 2 atom stereocenters. The third-order valence-corrected chi connectivity index (χ3v) is 5.25. The molecule has 0 saturated carbocycles. The molecule has 0 aliphatic carbocycles. The van der Waals surface area contributed by atoms with E-state index in [9.17, 15) is 8.42 Å². The molecule has 4 heteroatoms. The van der Waals surface area contributed by atoms with Crippen LogP contribution in [0.2, 0.25) is 0 Å². The van der Waals surface area contributed by atoms with Crippen LogP contribution >= 0.6 is 0 Å². The topological polar surface area (TPSA) is 37.4 Å². The quantitative estimate of drug-likeness (QED) is 0.606. The molecular formula is C8H17NO2S. The fraction of sp³-hybridized carbons (Fsp3) is 1.00. The van der Waals surface area contributed by atoms with Gasteiger partial charge in [-0.25, -0.2) is 8.42 Å². The van der Waals surface area contributed by atoms with Crippen molar-refractivity contribution in [2.24, 2.45) is 0 Å². The predicted molar refractivity (Wildman–Crippen MR) is 50.0 cm³/mol. The predicted octanol–water partition coefficient (Wildman–Crippen LogP) is 0.514. The minimum absolute atomic E-state index is 0.147. The Morgan fingerprint density at radius 1 is 1.42 bits per heavy atom. The Hall–Kier alpha value is -0.0900. The van der Waals surface area contributed by atoms with Gasteiger partial charge in [0.05, 0.1) is 10.5 Å². The first kappa shape index (κ1) is 9.99. The highest BCUT2D eigenvalue weighted by Gasteiger charge is 2.35. The van der Waals surface area contributed by atoms with E-state index in [1.165, 1.54) is 0 Å². The van der Waals surface area contributed by atoms with E-state index in [1.54, 1.807) is 6.92 Å². The molecule has 3 nitrogen and oxygen atoms in total. The van der Waals surface area contributed by atoms with Crippen LogP contribution in [-0.4, -0.2) is 44.0 Å². The molecule has 0 aromatic carbocycles. The molecule has 0 bridgehead atoms. The van der Waals surface area contributed by atoms with Gasteiger partial charge < -0.3 is 4.90 Å². The van der Waals surface area contributed by atoms with Crippen molar-refractivity contribution in [3.63, 3.8) is 0 Å². The van der Waals surface area contributed by atoms with E-state index >= 15 is 0 Å². The largest absolute Gasteiger partial charge is 0.304 e. The molecule has 0 aromatic rings. The Labute approximate surface area is 74.7 Å². The summed E-state index contributed by atoms with van der Waals surface area (Å²) in [7, 11) is -0.847. The minimum Gasteiger partial charge on any atom is -0.304 e. The molecule has 2 unspecified atom stereocenters. The maximum absolute atomic E-state index is 11.7. The van der Waals surface area contributed by atoms with Crippen LogP contribution in [-0.2, 0) is 9.84 Å². The Kier molecular flexibility index (Phi) is 2.78. The molecule has 0 N–H and O–H groups in total. The summed E-state index contributed by atoms with van der Waals surface area (Å²) in [6.45, 7) is 5.11. The summed E-state index contributed by atoms with van der Waals surface area (Å²) in [6.07, 6.45) is 0.733. The SMILES string of the molecule is CCC1CN(C)CC(C)S1(=O)=O. The lowest BCUT2D eigenvalue weighted by Crippen LogP contribution is -2.49. The van der Waals surface area contributed by atoms with Crippen molar-refractivity contribution >= 4 is 9.84 Å². The van der Waals surface area contributed by atoms with Gasteiger partial charge in [-0.15, -0.1) is 0 Å². The normalized spacial score (nSPS) is 36.6. The van der Waals surface area contributed by atoms with Gasteiger partial charge in [0.2, 0.25) is 0 Å². The number of hydrogen-bond acceptors (Lipinski definition) is 3. The molecule has 0 spiro atoms. The van der Waals surface area contributed by atoms with Crippen molar-refractivity contribution in [3.8, 4) is 0 Å². The van der Waals surface area contributed by atoms with Gasteiger partial charge in [-0.2, -0.15) is 0 Å². The summed E-state index contributed by atoms with van der Waals surface area (Å²) in [4.78, 5) is 2.10. The third-order valence-electron chi connectivity index (χ3n) is 2.56. The summed E-state index contributed by atoms with van der Waals surface area (Å²) in [5.74, 6) is 0. The second-order valence-corrected chi connectivity index (χ2v) is 6.30. The van der Waals surface area contributed by atoms with Crippen LogP contribution < -0.4 is 0 Å². The maximum Gasteiger partial charge on any atom is 0.158 e. The van der Waals surface area contributed by atoms with E-state index in [0.29, 0.717) is 13.1 Å². The van der Waals surface area contributed by atoms with Crippen molar-refractivity contribution in [2.45, 2.75) is 30.8 Å². The van der Waals surface area contributed by atoms with Gasteiger partial charge in [-0.3, -0.25) is 0 Å². The monoisotopic (exact) mass is 191 g/mol. The van der Waals surface area contributed by atoms with Crippen molar-refractivity contribution in [3.05, 3.63) is 0 Å². The van der Waals surface area contributed by atoms with Crippen LogP contribution in [0.3, 0.4) is 0 Å². The molecule has 1 rings (SSSR count). The summed E-state index contributed by atoms with van der Waals surface area (Å²) >= 11 is 0. The average Bonchev–Trinajstić information content (AvgIpc) is 1.97. The van der Waals surface area contributed by atoms with Crippen molar-refractivity contribution < 1.29 is 8.42 Å². The molecule has 0 radical (unpaired) electrons. The van der Waals surface area contributed by atoms with Gasteiger partial charge >= 0.3 is 0 Å². The fourth-order valence-electron chi connectivity index (χ4n) is 1.76. The van der Waals surface area contributed by atoms with Crippen LogP contribution in [0.25, 0.3) is 0 Å². The average molecular weight is 191 g/mol. The second kappa shape index (κ2) is 3.34. The van der Waals surface area contributed by atoms with E-state index < -0.39 is 9.84 Å². The van der Waals surface area contributed by atoms with Crippen molar-refractivity contribution in [2.75, 3.05) is 20.1 Å². The first-order valence-corrected chi connectivity index (χ1v) is 6.00. The first-order valence-electron chi connectivity index (χ1n) is 4.39. The lowest BCUT2D eigenvalue weighted by molar-refractivity contribution is 0.308. The zero-order valence-electron chi connectivity index (χ0n) is 7.95. The van der Waals surface area contributed by atoms with E-state index in [1.807, 2.05) is 14.0 Å². The van der Waals surface area contributed by atoms with Gasteiger partial charge in [0.25, 0.3) is 0 Å². The number of hydrogen-bond donors (Lipinski definition) is 0. The van der Waals surface area contributed by atoms with Crippen molar-refractivity contribution in [1.82, 2.24) is 4.90 Å².